The third kappa shape index (κ3) is 5.18. The lowest BCUT2D eigenvalue weighted by Crippen LogP contribution is -2.30. The second-order valence-corrected chi connectivity index (χ2v) is 8.36. The molecule has 0 aliphatic carbocycles. The Kier molecular flexibility index (Phi) is 7.57. The number of imidazole rings is 1. The molecule has 3 N–H and O–H groups in total. The number of carbonyl (C=O) groups excluding carboxylic acids is 2. The Hall–Kier alpha value is -4.60. The van der Waals surface area contributed by atoms with Crippen molar-refractivity contribution in [1.29, 1.82) is 0 Å². The highest BCUT2D eigenvalue weighted by Gasteiger charge is 2.20. The fraction of sp³-hybridized carbons (Fsp3) is 0.259. The van der Waals surface area contributed by atoms with Crippen molar-refractivity contribution < 1.29 is 9.59 Å². The molecule has 0 bridgehead atoms. The minimum atomic E-state index is -0.117. The van der Waals surface area contributed by atoms with Crippen LogP contribution in [-0.2, 0) is 4.79 Å². The quantitative estimate of drug-likeness (QED) is 0.313. The van der Waals surface area contributed by atoms with E-state index in [9.17, 15) is 9.59 Å². The van der Waals surface area contributed by atoms with E-state index < -0.39 is 0 Å². The van der Waals surface area contributed by atoms with Crippen LogP contribution in [0.15, 0.2) is 49.7 Å². The van der Waals surface area contributed by atoms with Crippen LogP contribution in [0.3, 0.4) is 0 Å². The fourth-order valence-corrected chi connectivity index (χ4v) is 4.01. The van der Waals surface area contributed by atoms with Crippen LogP contribution in [0.1, 0.15) is 48.9 Å². The standard InChI is InChI=1S/C27H30N8O2/c1-6-23(36)32-19-9-17(11-29-13-19)18-10-20(26(28-5)31-12-18)16(4)25-33-22-15-30-14-21(24(22)34-25)27(37)35(7-2)8-3/h9-15H,4,6-8H2,1-3,5H3,(H,28,31)(H,32,36)(H,33,34). The molecule has 0 radical (unpaired) electrons. The topological polar surface area (TPSA) is 129 Å². The van der Waals surface area contributed by atoms with E-state index >= 15 is 0 Å². The van der Waals surface area contributed by atoms with Crippen LogP contribution >= 0.6 is 0 Å². The van der Waals surface area contributed by atoms with Gasteiger partial charge in [0.15, 0.2) is 0 Å². The highest BCUT2D eigenvalue weighted by atomic mass is 16.2. The zero-order valence-corrected chi connectivity index (χ0v) is 21.4. The predicted octanol–water partition coefficient (Wildman–Crippen LogP) is 4.35. The highest BCUT2D eigenvalue weighted by molar-refractivity contribution is 6.05. The highest BCUT2D eigenvalue weighted by Crippen LogP contribution is 2.31. The molecule has 10 nitrogen and oxygen atoms in total. The van der Waals surface area contributed by atoms with E-state index in [2.05, 4.69) is 37.1 Å². The van der Waals surface area contributed by atoms with Gasteiger partial charge in [0.1, 0.15) is 17.2 Å². The van der Waals surface area contributed by atoms with Gasteiger partial charge in [0.25, 0.3) is 5.91 Å². The van der Waals surface area contributed by atoms with Gasteiger partial charge in [0.2, 0.25) is 5.91 Å². The van der Waals surface area contributed by atoms with Crippen molar-refractivity contribution in [1.82, 2.24) is 29.8 Å². The zero-order chi connectivity index (χ0) is 26.5. The van der Waals surface area contributed by atoms with Gasteiger partial charge in [-0.2, -0.15) is 0 Å². The molecule has 37 heavy (non-hydrogen) atoms. The molecule has 4 heterocycles. The van der Waals surface area contributed by atoms with Crippen LogP contribution < -0.4 is 10.6 Å². The first-order chi connectivity index (χ1) is 17.9. The molecule has 4 aromatic rings. The molecule has 0 fully saturated rings. The third-order valence-corrected chi connectivity index (χ3v) is 6.09. The van der Waals surface area contributed by atoms with E-state index in [1.54, 1.807) is 49.9 Å². The molecule has 0 unspecified atom stereocenters. The Balaban J connectivity index is 1.73. The van der Waals surface area contributed by atoms with Crippen molar-refractivity contribution in [2.24, 2.45) is 0 Å². The van der Waals surface area contributed by atoms with Crippen molar-refractivity contribution >= 4 is 39.9 Å². The number of rotatable bonds is 9. The monoisotopic (exact) mass is 498 g/mol. The number of hydrogen-bond acceptors (Lipinski definition) is 7. The molecule has 10 heteroatoms. The van der Waals surface area contributed by atoms with Crippen molar-refractivity contribution in [2.45, 2.75) is 27.2 Å². The second kappa shape index (κ2) is 11.0. The lowest BCUT2D eigenvalue weighted by atomic mass is 10.0. The summed E-state index contributed by atoms with van der Waals surface area (Å²) in [5, 5.41) is 5.93. The van der Waals surface area contributed by atoms with Gasteiger partial charge in [-0.3, -0.25) is 19.6 Å². The van der Waals surface area contributed by atoms with Crippen molar-refractivity contribution in [2.75, 3.05) is 30.8 Å². The number of aromatic nitrogens is 5. The minimum Gasteiger partial charge on any atom is -0.373 e. The number of H-pyrrole nitrogens is 1. The van der Waals surface area contributed by atoms with E-state index in [0.29, 0.717) is 59.0 Å². The number of nitrogens with zero attached hydrogens (tertiary/aromatic N) is 5. The summed E-state index contributed by atoms with van der Waals surface area (Å²) in [5.74, 6) is 0.924. The average molecular weight is 499 g/mol. The summed E-state index contributed by atoms with van der Waals surface area (Å²) in [7, 11) is 1.78. The number of fused-ring (bicyclic) bond motifs is 1. The molecule has 0 saturated heterocycles. The van der Waals surface area contributed by atoms with Crippen molar-refractivity contribution in [3.63, 3.8) is 0 Å². The Morgan fingerprint density at radius 2 is 1.70 bits per heavy atom. The number of hydrogen-bond donors (Lipinski definition) is 3. The van der Waals surface area contributed by atoms with Crippen LogP contribution in [0, 0.1) is 0 Å². The molecule has 0 atom stereocenters. The summed E-state index contributed by atoms with van der Waals surface area (Å²) in [6.07, 6.45) is 8.62. The molecule has 0 aliphatic rings. The Bertz CT molecular complexity index is 1470. The van der Waals surface area contributed by atoms with E-state index in [4.69, 9.17) is 4.98 Å². The maximum atomic E-state index is 13.0. The lowest BCUT2D eigenvalue weighted by molar-refractivity contribution is -0.115. The van der Waals surface area contributed by atoms with Crippen LogP contribution in [0.25, 0.3) is 27.7 Å². The number of carbonyl (C=O) groups is 2. The molecular weight excluding hydrogens is 468 g/mol. The normalized spacial score (nSPS) is 10.8. The van der Waals surface area contributed by atoms with Crippen LogP contribution in [0.2, 0.25) is 0 Å². The summed E-state index contributed by atoms with van der Waals surface area (Å²) in [6, 6.07) is 3.79. The first-order valence-electron chi connectivity index (χ1n) is 12.2. The fourth-order valence-electron chi connectivity index (χ4n) is 4.01. The van der Waals surface area contributed by atoms with E-state index in [0.717, 1.165) is 16.7 Å². The van der Waals surface area contributed by atoms with E-state index in [1.165, 1.54) is 0 Å². The Morgan fingerprint density at radius 3 is 2.41 bits per heavy atom. The summed E-state index contributed by atoms with van der Waals surface area (Å²) >= 11 is 0. The van der Waals surface area contributed by atoms with Crippen molar-refractivity contribution in [3.05, 3.63) is 66.6 Å². The first kappa shape index (κ1) is 25.5. The van der Waals surface area contributed by atoms with E-state index in [-0.39, 0.29) is 11.8 Å². The van der Waals surface area contributed by atoms with Gasteiger partial charge < -0.3 is 20.5 Å². The minimum absolute atomic E-state index is 0.0881. The van der Waals surface area contributed by atoms with Crippen LogP contribution in [0.5, 0.6) is 0 Å². The largest absolute Gasteiger partial charge is 0.373 e. The van der Waals surface area contributed by atoms with Gasteiger partial charge in [-0.25, -0.2) is 9.97 Å². The molecule has 0 saturated carbocycles. The van der Waals surface area contributed by atoms with Gasteiger partial charge in [0, 0.05) is 67.4 Å². The van der Waals surface area contributed by atoms with Gasteiger partial charge in [-0.1, -0.05) is 13.5 Å². The van der Waals surface area contributed by atoms with E-state index in [1.807, 2.05) is 26.0 Å². The molecule has 0 aliphatic heterocycles. The summed E-state index contributed by atoms with van der Waals surface area (Å²) < 4.78 is 0. The second-order valence-electron chi connectivity index (χ2n) is 8.36. The average Bonchev–Trinajstić information content (AvgIpc) is 3.37. The number of aromatic amines is 1. The molecular formula is C27H30N8O2. The lowest BCUT2D eigenvalue weighted by Gasteiger charge is -2.18. The smallest absolute Gasteiger partial charge is 0.257 e. The van der Waals surface area contributed by atoms with Gasteiger partial charge in [0.05, 0.1) is 29.2 Å². The molecule has 0 aromatic carbocycles. The van der Waals surface area contributed by atoms with Gasteiger partial charge in [-0.15, -0.1) is 0 Å². The molecule has 0 spiro atoms. The van der Waals surface area contributed by atoms with Crippen LogP contribution in [-0.4, -0.2) is 61.8 Å². The Morgan fingerprint density at radius 1 is 0.973 bits per heavy atom. The zero-order valence-electron chi connectivity index (χ0n) is 21.4. The van der Waals surface area contributed by atoms with Crippen molar-refractivity contribution in [3.8, 4) is 11.1 Å². The summed E-state index contributed by atoms with van der Waals surface area (Å²) in [5.41, 5.74) is 5.15. The summed E-state index contributed by atoms with van der Waals surface area (Å²) in [6.45, 7) is 11.1. The number of pyridine rings is 3. The SMILES string of the molecule is C=C(c1nc2c(C(=O)N(CC)CC)cncc2[nH]1)c1cc(-c2cncc(NC(=O)CC)c2)cnc1NC. The molecule has 190 valence electrons. The predicted molar refractivity (Wildman–Crippen MR) is 145 cm³/mol. The number of amides is 2. The van der Waals surface area contributed by atoms with Gasteiger partial charge in [-0.05, 0) is 26.0 Å². The Labute approximate surface area is 215 Å². The van der Waals surface area contributed by atoms with Crippen LogP contribution in [0.4, 0.5) is 11.5 Å². The first-order valence-corrected chi connectivity index (χ1v) is 12.2. The maximum absolute atomic E-state index is 13.0. The molecule has 4 aromatic heterocycles. The third-order valence-electron chi connectivity index (χ3n) is 6.09. The molecule has 4 rings (SSSR count). The van der Waals surface area contributed by atoms with Gasteiger partial charge >= 0.3 is 0 Å². The number of nitrogens with one attached hydrogen (secondary N) is 3. The summed E-state index contributed by atoms with van der Waals surface area (Å²) in [4.78, 5) is 47.7. The molecule has 2 amide bonds. The maximum Gasteiger partial charge on any atom is 0.257 e. The number of anilines is 2.